The van der Waals surface area contributed by atoms with Crippen molar-refractivity contribution in [3.05, 3.63) is 0 Å². The number of nitrogens with zero attached hydrogens (tertiary/aromatic N) is 1. The Bertz CT molecular complexity index is 226. The van der Waals surface area contributed by atoms with E-state index in [9.17, 15) is 0 Å². The van der Waals surface area contributed by atoms with E-state index in [2.05, 4.69) is 25.7 Å². The number of rotatable bonds is 4. The first-order valence-electron chi connectivity index (χ1n) is 5.85. The highest BCUT2D eigenvalue weighted by Gasteiger charge is 2.47. The lowest BCUT2D eigenvalue weighted by atomic mass is 9.78. The molecular weight excluding hydrogens is 222 g/mol. The molecule has 0 aromatic heterocycles. The van der Waals surface area contributed by atoms with Crippen molar-refractivity contribution in [3.8, 4) is 0 Å². The second-order valence-electron chi connectivity index (χ2n) is 5.15. The lowest BCUT2D eigenvalue weighted by Crippen LogP contribution is -2.70. The Hall–Kier alpha value is 0.190. The van der Waals surface area contributed by atoms with Gasteiger partial charge in [-0.3, -0.25) is 4.90 Å². The van der Waals surface area contributed by atoms with Crippen LogP contribution in [0.3, 0.4) is 0 Å². The molecule has 1 aliphatic heterocycles. The van der Waals surface area contributed by atoms with Crippen molar-refractivity contribution in [1.82, 2.24) is 4.90 Å². The van der Waals surface area contributed by atoms with E-state index < -0.39 is 0 Å². The molecule has 1 rings (SSSR count). The summed E-state index contributed by atoms with van der Waals surface area (Å²) in [6, 6.07) is -0.0851. The van der Waals surface area contributed by atoms with E-state index in [0.717, 1.165) is 26.3 Å². The van der Waals surface area contributed by atoms with Gasteiger partial charge in [0.2, 0.25) is 0 Å². The van der Waals surface area contributed by atoms with Crippen LogP contribution in [0.2, 0.25) is 0 Å². The maximum Gasteiger partial charge on any atom is 0.0594 e. The Morgan fingerprint density at radius 3 is 2.19 bits per heavy atom. The lowest BCUT2D eigenvalue weighted by molar-refractivity contribution is -0.0359. The maximum atomic E-state index is 6.21. The van der Waals surface area contributed by atoms with Gasteiger partial charge in [0.1, 0.15) is 0 Å². The van der Waals surface area contributed by atoms with Gasteiger partial charge in [0.05, 0.1) is 13.2 Å². The molecule has 0 aromatic rings. The van der Waals surface area contributed by atoms with Gasteiger partial charge >= 0.3 is 0 Å². The fourth-order valence-corrected chi connectivity index (χ4v) is 2.64. The Morgan fingerprint density at radius 2 is 1.81 bits per heavy atom. The van der Waals surface area contributed by atoms with Crippen molar-refractivity contribution < 1.29 is 4.74 Å². The zero-order valence-electron chi connectivity index (χ0n) is 10.6. The van der Waals surface area contributed by atoms with E-state index in [0.29, 0.717) is 6.54 Å². The summed E-state index contributed by atoms with van der Waals surface area (Å²) in [4.78, 5) is 2.36. The van der Waals surface area contributed by atoms with Crippen molar-refractivity contribution in [3.63, 3.8) is 0 Å². The normalized spacial score (nSPS) is 25.1. The smallest absolute Gasteiger partial charge is 0.0594 e. The van der Waals surface area contributed by atoms with Gasteiger partial charge in [0, 0.05) is 36.0 Å². The standard InChI is InChI=1S/C11H25N3OS/c1-10(2,16)11(3,9(13)8-12)14-4-6-15-7-5-14/h9,16H,4-8,12-13H2,1-3H3. The number of hydrogen-bond donors (Lipinski definition) is 3. The van der Waals surface area contributed by atoms with E-state index >= 15 is 0 Å². The van der Waals surface area contributed by atoms with Crippen LogP contribution in [0, 0.1) is 0 Å². The van der Waals surface area contributed by atoms with Gasteiger partial charge in [0.25, 0.3) is 0 Å². The van der Waals surface area contributed by atoms with Crippen LogP contribution in [-0.4, -0.2) is 54.1 Å². The highest BCUT2D eigenvalue weighted by molar-refractivity contribution is 7.81. The van der Waals surface area contributed by atoms with E-state index in [1.807, 2.05) is 0 Å². The molecule has 0 spiro atoms. The van der Waals surface area contributed by atoms with Gasteiger partial charge in [-0.15, -0.1) is 0 Å². The van der Waals surface area contributed by atoms with Crippen LogP contribution >= 0.6 is 12.6 Å². The molecule has 0 bridgehead atoms. The first kappa shape index (κ1) is 14.3. The molecule has 0 saturated carbocycles. The molecule has 1 saturated heterocycles. The average Bonchev–Trinajstić information content (AvgIpc) is 2.26. The van der Waals surface area contributed by atoms with Gasteiger partial charge < -0.3 is 16.2 Å². The predicted octanol–water partition coefficient (Wildman–Crippen LogP) is 0.0717. The molecule has 4 nitrogen and oxygen atoms in total. The van der Waals surface area contributed by atoms with Gasteiger partial charge in [-0.2, -0.15) is 12.6 Å². The minimum absolute atomic E-state index is 0.0851. The molecule has 1 fully saturated rings. The summed E-state index contributed by atoms with van der Waals surface area (Å²) in [6.45, 7) is 10.1. The van der Waals surface area contributed by atoms with E-state index in [-0.39, 0.29) is 16.3 Å². The van der Waals surface area contributed by atoms with Crippen molar-refractivity contribution in [2.45, 2.75) is 37.1 Å². The highest BCUT2D eigenvalue weighted by Crippen LogP contribution is 2.36. The summed E-state index contributed by atoms with van der Waals surface area (Å²) in [5, 5.41) is 0. The molecule has 1 heterocycles. The van der Waals surface area contributed by atoms with Crippen LogP contribution in [-0.2, 0) is 4.74 Å². The molecule has 2 atom stereocenters. The molecule has 2 unspecified atom stereocenters. The molecule has 0 amide bonds. The fourth-order valence-electron chi connectivity index (χ4n) is 2.33. The van der Waals surface area contributed by atoms with E-state index in [4.69, 9.17) is 28.8 Å². The summed E-state index contributed by atoms with van der Waals surface area (Å²) >= 11 is 4.72. The van der Waals surface area contributed by atoms with Gasteiger partial charge in [-0.05, 0) is 20.8 Å². The molecule has 16 heavy (non-hydrogen) atoms. The first-order chi connectivity index (χ1) is 7.34. The van der Waals surface area contributed by atoms with Crippen LogP contribution in [0.15, 0.2) is 0 Å². The van der Waals surface area contributed by atoms with Gasteiger partial charge in [-0.25, -0.2) is 0 Å². The number of hydrogen-bond acceptors (Lipinski definition) is 5. The van der Waals surface area contributed by atoms with Crippen LogP contribution in [0.5, 0.6) is 0 Å². The van der Waals surface area contributed by atoms with E-state index in [1.54, 1.807) is 0 Å². The quantitative estimate of drug-likeness (QED) is 0.615. The zero-order valence-corrected chi connectivity index (χ0v) is 11.5. The number of nitrogens with two attached hydrogens (primary N) is 2. The monoisotopic (exact) mass is 247 g/mol. The summed E-state index contributed by atoms with van der Waals surface area (Å²) < 4.78 is 5.18. The topological polar surface area (TPSA) is 64.5 Å². The Kier molecular flexibility index (Phi) is 4.66. The van der Waals surface area contributed by atoms with Crippen molar-refractivity contribution in [1.29, 1.82) is 0 Å². The maximum absolute atomic E-state index is 6.21. The molecule has 96 valence electrons. The molecule has 5 heteroatoms. The summed E-state index contributed by atoms with van der Waals surface area (Å²) in [5.41, 5.74) is 11.7. The summed E-state index contributed by atoms with van der Waals surface area (Å²) in [6.07, 6.45) is 0. The van der Waals surface area contributed by atoms with Gasteiger partial charge in [0.15, 0.2) is 0 Å². The summed E-state index contributed by atoms with van der Waals surface area (Å²) in [5.74, 6) is 0. The predicted molar refractivity (Wildman–Crippen MR) is 70.9 cm³/mol. The number of thiol groups is 1. The Balaban J connectivity index is 2.93. The lowest BCUT2D eigenvalue weighted by Gasteiger charge is -2.53. The molecular formula is C11H25N3OS. The summed E-state index contributed by atoms with van der Waals surface area (Å²) in [7, 11) is 0. The number of morpholine rings is 1. The number of ether oxygens (including phenoxy) is 1. The molecule has 0 aliphatic carbocycles. The average molecular weight is 247 g/mol. The van der Waals surface area contributed by atoms with Crippen molar-refractivity contribution in [2.24, 2.45) is 11.5 Å². The fraction of sp³-hybridized carbons (Fsp3) is 1.00. The minimum Gasteiger partial charge on any atom is -0.379 e. The first-order valence-corrected chi connectivity index (χ1v) is 6.29. The second-order valence-corrected chi connectivity index (χ2v) is 6.27. The third kappa shape index (κ3) is 2.54. The minimum atomic E-state index is -0.214. The second kappa shape index (κ2) is 5.23. The van der Waals surface area contributed by atoms with Crippen LogP contribution < -0.4 is 11.5 Å². The molecule has 4 N–H and O–H groups in total. The Labute approximate surface area is 104 Å². The van der Waals surface area contributed by atoms with Crippen LogP contribution in [0.1, 0.15) is 20.8 Å². The third-order valence-corrected chi connectivity index (χ3v) is 4.34. The third-order valence-electron chi connectivity index (χ3n) is 3.88. The van der Waals surface area contributed by atoms with E-state index in [1.165, 1.54) is 0 Å². The Morgan fingerprint density at radius 1 is 1.31 bits per heavy atom. The highest BCUT2D eigenvalue weighted by atomic mass is 32.1. The van der Waals surface area contributed by atoms with Crippen molar-refractivity contribution >= 4 is 12.6 Å². The molecule has 0 aromatic carbocycles. The zero-order chi connectivity index (χ0) is 12.4. The molecule has 0 radical (unpaired) electrons. The molecule has 1 aliphatic rings. The van der Waals surface area contributed by atoms with Gasteiger partial charge in [-0.1, -0.05) is 0 Å². The SMILES string of the molecule is CC(C)(S)C(C)(C(N)CN)N1CCOCC1. The van der Waals surface area contributed by atoms with Crippen LogP contribution in [0.4, 0.5) is 0 Å². The largest absolute Gasteiger partial charge is 0.379 e. The van der Waals surface area contributed by atoms with Crippen LogP contribution in [0.25, 0.3) is 0 Å². The van der Waals surface area contributed by atoms with Crippen molar-refractivity contribution in [2.75, 3.05) is 32.8 Å².